The van der Waals surface area contributed by atoms with Gasteiger partial charge in [0.25, 0.3) is 0 Å². The Morgan fingerprint density at radius 2 is 1.05 bits per heavy atom. The van der Waals surface area contributed by atoms with Crippen molar-refractivity contribution in [2.24, 2.45) is 0 Å². The summed E-state index contributed by atoms with van der Waals surface area (Å²) in [4.78, 5) is 45.4. The van der Waals surface area contributed by atoms with E-state index in [1.165, 1.54) is 77.0 Å². The lowest BCUT2D eigenvalue weighted by atomic mass is 10.1. The number of aliphatic hydroxyl groups is 1. The quantitative estimate of drug-likeness (QED) is 0.0331. The normalized spacial score (nSPS) is 14.1. The number of hydrogen-bond acceptors (Lipinski definition) is 8. The van der Waals surface area contributed by atoms with Gasteiger partial charge in [-0.25, -0.2) is 9.36 Å². The first-order valence-corrected chi connectivity index (χ1v) is 18.6. The smallest absolute Gasteiger partial charge is 0.472 e. The SMILES string of the molecule is CCCCCCCCCCCCC(=O)NC(COP(=O)(O)OCC(O)COC(=O)CCCCCCCCCCCC)C(=O)O. The molecule has 0 aromatic rings. The van der Waals surface area contributed by atoms with Gasteiger partial charge in [0.05, 0.1) is 13.2 Å². The second-order valence-electron chi connectivity index (χ2n) is 11.7. The fourth-order valence-corrected chi connectivity index (χ4v) is 5.44. The molecule has 0 aliphatic carbocycles. The van der Waals surface area contributed by atoms with E-state index in [0.717, 1.165) is 38.5 Å². The van der Waals surface area contributed by atoms with E-state index < -0.39 is 57.6 Å². The average molecular weight is 652 g/mol. The van der Waals surface area contributed by atoms with E-state index in [1.54, 1.807) is 0 Å². The van der Waals surface area contributed by atoms with E-state index in [4.69, 9.17) is 13.8 Å². The molecule has 1 amide bonds. The number of carbonyl (C=O) groups is 3. The molecule has 0 aliphatic rings. The third kappa shape index (κ3) is 28.0. The molecule has 0 rings (SSSR count). The van der Waals surface area contributed by atoms with E-state index in [2.05, 4.69) is 19.2 Å². The van der Waals surface area contributed by atoms with Crippen LogP contribution in [-0.4, -0.2) is 64.9 Å². The number of esters is 1. The summed E-state index contributed by atoms with van der Waals surface area (Å²) < 4.78 is 26.6. The Morgan fingerprint density at radius 3 is 1.50 bits per heavy atom. The minimum absolute atomic E-state index is 0.150. The van der Waals surface area contributed by atoms with E-state index in [-0.39, 0.29) is 12.8 Å². The van der Waals surface area contributed by atoms with Crippen LogP contribution in [0.1, 0.15) is 155 Å². The third-order valence-corrected chi connectivity index (χ3v) is 8.35. The van der Waals surface area contributed by atoms with Crippen LogP contribution in [0.2, 0.25) is 0 Å². The summed E-state index contributed by atoms with van der Waals surface area (Å²) in [5.41, 5.74) is 0. The largest absolute Gasteiger partial charge is 0.480 e. The highest BCUT2D eigenvalue weighted by molar-refractivity contribution is 7.47. The van der Waals surface area contributed by atoms with Gasteiger partial charge in [0.2, 0.25) is 5.91 Å². The fraction of sp³-hybridized carbons (Fsp3) is 0.906. The maximum atomic E-state index is 12.2. The van der Waals surface area contributed by atoms with Gasteiger partial charge in [-0.2, -0.15) is 0 Å². The molecule has 0 aromatic carbocycles. The molecule has 4 N–H and O–H groups in total. The van der Waals surface area contributed by atoms with Gasteiger partial charge in [-0.05, 0) is 12.8 Å². The number of phosphoric ester groups is 1. The number of amides is 1. The van der Waals surface area contributed by atoms with Crippen molar-refractivity contribution in [3.63, 3.8) is 0 Å². The molecule has 0 aliphatic heterocycles. The van der Waals surface area contributed by atoms with Crippen LogP contribution in [0.5, 0.6) is 0 Å². The first-order chi connectivity index (χ1) is 21.1. The van der Waals surface area contributed by atoms with Crippen molar-refractivity contribution in [1.82, 2.24) is 5.32 Å². The van der Waals surface area contributed by atoms with Crippen molar-refractivity contribution in [3.8, 4) is 0 Å². The predicted octanol–water partition coefficient (Wildman–Crippen LogP) is 7.22. The number of nitrogens with one attached hydrogen (secondary N) is 1. The molecular weight excluding hydrogens is 589 g/mol. The van der Waals surface area contributed by atoms with Crippen LogP contribution in [0.4, 0.5) is 0 Å². The first kappa shape index (κ1) is 42.5. The van der Waals surface area contributed by atoms with Crippen molar-refractivity contribution < 1.29 is 47.8 Å². The molecule has 0 aromatic heterocycles. The predicted molar refractivity (Wildman–Crippen MR) is 171 cm³/mol. The Kier molecular flexibility index (Phi) is 27.9. The van der Waals surface area contributed by atoms with Crippen molar-refractivity contribution >= 4 is 25.7 Å². The number of phosphoric acid groups is 1. The molecule has 3 unspecified atom stereocenters. The molecule has 0 saturated heterocycles. The van der Waals surface area contributed by atoms with Gasteiger partial charge in [-0.15, -0.1) is 0 Å². The zero-order chi connectivity index (χ0) is 32.9. The van der Waals surface area contributed by atoms with E-state index in [0.29, 0.717) is 12.8 Å². The van der Waals surface area contributed by atoms with E-state index in [9.17, 15) is 34.1 Å². The number of rotatable bonds is 32. The summed E-state index contributed by atoms with van der Waals surface area (Å²) in [6, 6.07) is -1.54. The maximum Gasteiger partial charge on any atom is 0.472 e. The number of unbranched alkanes of at least 4 members (excludes halogenated alkanes) is 18. The van der Waals surface area contributed by atoms with Crippen molar-refractivity contribution in [1.29, 1.82) is 0 Å². The molecule has 44 heavy (non-hydrogen) atoms. The Hall–Kier alpha value is -1.52. The highest BCUT2D eigenvalue weighted by Gasteiger charge is 2.28. The molecule has 260 valence electrons. The second kappa shape index (κ2) is 28.9. The molecule has 0 saturated carbocycles. The first-order valence-electron chi connectivity index (χ1n) is 17.1. The zero-order valence-electron chi connectivity index (χ0n) is 27.5. The molecule has 0 bridgehead atoms. The third-order valence-electron chi connectivity index (χ3n) is 7.40. The van der Waals surface area contributed by atoms with Gasteiger partial charge in [-0.3, -0.25) is 18.6 Å². The van der Waals surface area contributed by atoms with Gasteiger partial charge >= 0.3 is 19.8 Å². The zero-order valence-corrected chi connectivity index (χ0v) is 28.4. The van der Waals surface area contributed by atoms with Crippen LogP contribution in [-0.2, 0) is 32.7 Å². The maximum absolute atomic E-state index is 12.2. The van der Waals surface area contributed by atoms with Crippen molar-refractivity contribution in [3.05, 3.63) is 0 Å². The Balaban J connectivity index is 4.02. The summed E-state index contributed by atoms with van der Waals surface area (Å²) >= 11 is 0. The summed E-state index contributed by atoms with van der Waals surface area (Å²) in [6.07, 6.45) is 21.5. The average Bonchev–Trinajstić information content (AvgIpc) is 2.99. The number of carboxylic acid groups (broad SMARTS) is 1. The number of carboxylic acids is 1. The number of hydrogen-bond donors (Lipinski definition) is 4. The van der Waals surface area contributed by atoms with Gasteiger partial charge < -0.3 is 25.2 Å². The molecule has 0 radical (unpaired) electrons. The Morgan fingerprint density at radius 1 is 0.636 bits per heavy atom. The van der Waals surface area contributed by atoms with Crippen molar-refractivity contribution in [2.75, 3.05) is 19.8 Å². The number of ether oxygens (including phenoxy) is 1. The summed E-state index contributed by atoms with van der Waals surface area (Å²) in [7, 11) is -4.73. The molecular formula is C32H62NO10P. The summed E-state index contributed by atoms with van der Waals surface area (Å²) in [5, 5.41) is 21.6. The monoisotopic (exact) mass is 651 g/mol. The fourth-order valence-electron chi connectivity index (χ4n) is 4.67. The Labute approximate surface area is 265 Å². The lowest BCUT2D eigenvalue weighted by molar-refractivity contribution is -0.147. The van der Waals surface area contributed by atoms with E-state index in [1.807, 2.05) is 0 Å². The lowest BCUT2D eigenvalue weighted by Crippen LogP contribution is -2.43. The molecule has 0 spiro atoms. The number of carbonyl (C=O) groups excluding carboxylic acids is 2. The topological polar surface area (TPSA) is 169 Å². The minimum atomic E-state index is -4.73. The van der Waals surface area contributed by atoms with Crippen LogP contribution in [0.25, 0.3) is 0 Å². The van der Waals surface area contributed by atoms with Crippen LogP contribution >= 0.6 is 7.82 Å². The van der Waals surface area contributed by atoms with E-state index >= 15 is 0 Å². The summed E-state index contributed by atoms with van der Waals surface area (Å²) in [5.74, 6) is -2.37. The Bertz CT molecular complexity index is 782. The van der Waals surface area contributed by atoms with Gasteiger partial charge in [0.15, 0.2) is 6.04 Å². The lowest BCUT2D eigenvalue weighted by Gasteiger charge is -2.18. The van der Waals surface area contributed by atoms with Gasteiger partial charge in [0, 0.05) is 12.8 Å². The van der Waals surface area contributed by atoms with Crippen LogP contribution in [0.3, 0.4) is 0 Å². The van der Waals surface area contributed by atoms with Gasteiger partial charge in [0.1, 0.15) is 12.7 Å². The van der Waals surface area contributed by atoms with Crippen LogP contribution < -0.4 is 5.32 Å². The molecule has 12 heteroatoms. The van der Waals surface area contributed by atoms with Crippen LogP contribution in [0, 0.1) is 0 Å². The number of aliphatic hydroxyl groups excluding tert-OH is 1. The molecule has 0 heterocycles. The second-order valence-corrected chi connectivity index (χ2v) is 13.2. The summed E-state index contributed by atoms with van der Waals surface area (Å²) in [6.45, 7) is 2.52. The van der Waals surface area contributed by atoms with Crippen molar-refractivity contribution in [2.45, 2.75) is 167 Å². The molecule has 0 fully saturated rings. The standard InChI is InChI=1S/C32H62NO10P/c1-3-5-7-9-11-13-15-17-19-21-23-30(35)33-29(32(37)38)27-43-44(39,40)42-26-28(34)25-41-31(36)24-22-20-18-16-14-12-10-8-6-4-2/h28-29,34H,3-27H2,1-2H3,(H,33,35)(H,37,38)(H,39,40). The number of aliphatic carboxylic acids is 1. The van der Waals surface area contributed by atoms with Gasteiger partial charge in [-0.1, -0.05) is 129 Å². The highest BCUT2D eigenvalue weighted by Crippen LogP contribution is 2.43. The molecule has 3 atom stereocenters. The van der Waals surface area contributed by atoms with Crippen LogP contribution in [0.15, 0.2) is 0 Å². The minimum Gasteiger partial charge on any atom is -0.480 e. The highest BCUT2D eigenvalue weighted by atomic mass is 31.2. The molecule has 11 nitrogen and oxygen atoms in total.